The van der Waals surface area contributed by atoms with Crippen molar-refractivity contribution >= 4 is 23.3 Å². The van der Waals surface area contributed by atoms with E-state index in [-0.39, 0.29) is 5.69 Å². The van der Waals surface area contributed by atoms with Crippen molar-refractivity contribution in [2.75, 3.05) is 5.32 Å². The molecule has 0 aromatic carbocycles. The normalized spacial score (nSPS) is 11.3. The van der Waals surface area contributed by atoms with Gasteiger partial charge in [-0.2, -0.15) is 21.9 Å². The van der Waals surface area contributed by atoms with Crippen LogP contribution in [0.2, 0.25) is 0 Å². The second-order valence-electron chi connectivity index (χ2n) is 3.38. The third kappa shape index (κ3) is 2.96. The molecule has 1 amide bonds. The van der Waals surface area contributed by atoms with Crippen LogP contribution in [0.4, 0.5) is 18.9 Å². The number of alkyl halides is 3. The van der Waals surface area contributed by atoms with E-state index in [1.807, 2.05) is 10.3 Å². The lowest BCUT2D eigenvalue weighted by Crippen LogP contribution is -2.21. The van der Waals surface area contributed by atoms with E-state index in [9.17, 15) is 22.8 Å². The van der Waals surface area contributed by atoms with E-state index in [4.69, 9.17) is 0 Å². The van der Waals surface area contributed by atoms with Gasteiger partial charge in [-0.1, -0.05) is 0 Å². The van der Waals surface area contributed by atoms with Crippen LogP contribution in [0.1, 0.15) is 16.1 Å². The summed E-state index contributed by atoms with van der Waals surface area (Å²) in [6.45, 7) is 0. The Morgan fingerprint density at radius 1 is 1.42 bits per heavy atom. The lowest BCUT2D eigenvalue weighted by Gasteiger charge is -2.08. The number of rotatable bonds is 2. The Morgan fingerprint density at radius 3 is 2.74 bits per heavy atom. The maximum atomic E-state index is 12.5. The first-order valence-corrected chi connectivity index (χ1v) is 5.50. The number of nitrogens with one attached hydrogen (secondary N) is 2. The number of halogens is 3. The van der Waals surface area contributed by atoms with Crippen molar-refractivity contribution < 1.29 is 18.0 Å². The average Bonchev–Trinajstić information content (AvgIpc) is 2.84. The molecular formula is C9H5F3N4O2S. The van der Waals surface area contributed by atoms with E-state index >= 15 is 0 Å². The molecule has 0 aliphatic heterocycles. The molecule has 2 heterocycles. The topological polar surface area (TPSA) is 87.7 Å². The summed E-state index contributed by atoms with van der Waals surface area (Å²) in [5.41, 5.74) is -2.50. The van der Waals surface area contributed by atoms with Gasteiger partial charge in [0.1, 0.15) is 5.69 Å². The van der Waals surface area contributed by atoms with Gasteiger partial charge in [-0.05, 0) is 6.07 Å². The zero-order chi connectivity index (χ0) is 14.0. The molecule has 0 radical (unpaired) electrons. The number of carbonyl (C=O) groups is 1. The summed E-state index contributed by atoms with van der Waals surface area (Å²) in [7, 11) is 0. The molecule has 2 aromatic rings. The second kappa shape index (κ2) is 4.80. The van der Waals surface area contributed by atoms with Crippen molar-refractivity contribution in [1.29, 1.82) is 0 Å². The Balaban J connectivity index is 2.30. The first-order chi connectivity index (χ1) is 8.88. The van der Waals surface area contributed by atoms with Crippen LogP contribution >= 0.6 is 11.7 Å². The number of pyridine rings is 1. The minimum Gasteiger partial charge on any atom is -0.327 e. The van der Waals surface area contributed by atoms with Gasteiger partial charge in [-0.15, -0.1) is 0 Å². The molecule has 0 atom stereocenters. The molecule has 10 heteroatoms. The maximum absolute atomic E-state index is 12.5. The summed E-state index contributed by atoms with van der Waals surface area (Å²) in [4.78, 5) is 24.8. The maximum Gasteiger partial charge on any atom is 0.417 e. The van der Waals surface area contributed by atoms with E-state index in [0.29, 0.717) is 12.3 Å². The van der Waals surface area contributed by atoms with Gasteiger partial charge in [0, 0.05) is 6.20 Å². The molecular weight excluding hydrogens is 285 g/mol. The number of hydrogen-bond donors (Lipinski definition) is 2. The van der Waals surface area contributed by atoms with Crippen LogP contribution in [-0.4, -0.2) is 19.6 Å². The lowest BCUT2D eigenvalue weighted by atomic mass is 10.2. The highest BCUT2D eigenvalue weighted by Gasteiger charge is 2.31. The molecule has 19 heavy (non-hydrogen) atoms. The Bertz CT molecular complexity index is 650. The van der Waals surface area contributed by atoms with E-state index < -0.39 is 28.9 Å². The number of aromatic amines is 1. The quantitative estimate of drug-likeness (QED) is 0.877. The average molecular weight is 290 g/mol. The lowest BCUT2D eigenvalue weighted by molar-refractivity contribution is -0.137. The van der Waals surface area contributed by atoms with Gasteiger partial charge in [0.15, 0.2) is 5.69 Å². The Labute approximate surface area is 107 Å². The third-order valence-electron chi connectivity index (χ3n) is 2.07. The minimum absolute atomic E-state index is 0.0817. The van der Waals surface area contributed by atoms with Crippen LogP contribution in [0, 0.1) is 0 Å². The van der Waals surface area contributed by atoms with Crippen LogP contribution in [-0.2, 0) is 6.18 Å². The summed E-state index contributed by atoms with van der Waals surface area (Å²) in [6, 6.07) is 0.552. The third-order valence-corrected chi connectivity index (χ3v) is 2.55. The van der Waals surface area contributed by atoms with Crippen LogP contribution < -0.4 is 10.9 Å². The van der Waals surface area contributed by atoms with Gasteiger partial charge >= 0.3 is 6.18 Å². The standard InChI is InChI=1S/C9H5F3N4O2S/c10-9(11,12)4-1-5(7(17)13-2-4)15-8(18)6-3-14-19-16-6/h1-3H,(H,13,17)(H,15,18). The van der Waals surface area contributed by atoms with E-state index in [2.05, 4.69) is 8.75 Å². The fourth-order valence-corrected chi connectivity index (χ4v) is 1.60. The van der Waals surface area contributed by atoms with Crippen molar-refractivity contribution in [3.63, 3.8) is 0 Å². The van der Waals surface area contributed by atoms with Gasteiger partial charge in [0.2, 0.25) is 0 Å². The second-order valence-corrected chi connectivity index (χ2v) is 3.93. The smallest absolute Gasteiger partial charge is 0.327 e. The molecule has 6 nitrogen and oxygen atoms in total. The first-order valence-electron chi connectivity index (χ1n) is 4.77. The summed E-state index contributed by atoms with van der Waals surface area (Å²) in [5.74, 6) is -0.807. The molecule has 0 aliphatic rings. The summed E-state index contributed by atoms with van der Waals surface area (Å²) >= 11 is 0.763. The van der Waals surface area contributed by atoms with Gasteiger partial charge in [-0.25, -0.2) is 0 Å². The Morgan fingerprint density at radius 2 is 2.16 bits per heavy atom. The summed E-state index contributed by atoms with van der Waals surface area (Å²) in [6.07, 6.45) is -2.95. The van der Waals surface area contributed by atoms with Crippen molar-refractivity contribution in [3.8, 4) is 0 Å². The predicted molar refractivity (Wildman–Crippen MR) is 59.9 cm³/mol. The predicted octanol–water partition coefficient (Wildman–Crippen LogP) is 1.50. The molecule has 2 rings (SSSR count). The van der Waals surface area contributed by atoms with E-state index in [1.54, 1.807) is 0 Å². The fraction of sp³-hybridized carbons (Fsp3) is 0.111. The number of H-pyrrole nitrogens is 1. The zero-order valence-electron chi connectivity index (χ0n) is 8.99. The van der Waals surface area contributed by atoms with Crippen molar-refractivity contribution in [2.24, 2.45) is 0 Å². The Hall–Kier alpha value is -2.23. The molecule has 0 fully saturated rings. The SMILES string of the molecule is O=C(Nc1cc(C(F)(F)F)c[nH]c1=O)c1cnsn1. The molecule has 2 N–H and O–H groups in total. The first kappa shape index (κ1) is 13.2. The summed E-state index contributed by atoms with van der Waals surface area (Å²) in [5, 5.41) is 2.05. The van der Waals surface area contributed by atoms with Gasteiger partial charge in [0.05, 0.1) is 23.5 Å². The number of amides is 1. The van der Waals surface area contributed by atoms with Gasteiger partial charge in [-0.3, -0.25) is 9.59 Å². The van der Waals surface area contributed by atoms with E-state index in [0.717, 1.165) is 17.9 Å². The zero-order valence-corrected chi connectivity index (χ0v) is 9.80. The molecule has 100 valence electrons. The molecule has 0 bridgehead atoms. The molecule has 0 saturated carbocycles. The Kier molecular flexibility index (Phi) is 3.34. The number of carbonyl (C=O) groups excluding carboxylic acids is 1. The van der Waals surface area contributed by atoms with Crippen molar-refractivity contribution in [3.05, 3.63) is 40.1 Å². The molecule has 0 aliphatic carbocycles. The highest BCUT2D eigenvalue weighted by Crippen LogP contribution is 2.29. The largest absolute Gasteiger partial charge is 0.417 e. The van der Waals surface area contributed by atoms with E-state index in [1.165, 1.54) is 0 Å². The van der Waals surface area contributed by atoms with Crippen LogP contribution in [0.5, 0.6) is 0 Å². The molecule has 0 unspecified atom stereocenters. The number of nitrogens with zero attached hydrogens (tertiary/aromatic N) is 2. The van der Waals surface area contributed by atoms with Crippen molar-refractivity contribution in [1.82, 2.24) is 13.7 Å². The molecule has 0 spiro atoms. The highest BCUT2D eigenvalue weighted by molar-refractivity contribution is 6.99. The van der Waals surface area contributed by atoms with Crippen LogP contribution in [0.3, 0.4) is 0 Å². The minimum atomic E-state index is -4.62. The number of hydrogen-bond acceptors (Lipinski definition) is 5. The fourth-order valence-electron chi connectivity index (χ4n) is 1.19. The van der Waals surface area contributed by atoms with Crippen LogP contribution in [0.25, 0.3) is 0 Å². The monoisotopic (exact) mass is 290 g/mol. The van der Waals surface area contributed by atoms with Crippen molar-refractivity contribution in [2.45, 2.75) is 6.18 Å². The van der Waals surface area contributed by atoms with Gasteiger partial charge in [0.25, 0.3) is 11.5 Å². The molecule has 0 saturated heterocycles. The number of aromatic nitrogens is 3. The van der Waals surface area contributed by atoms with Gasteiger partial charge < -0.3 is 10.3 Å². The molecule has 2 aromatic heterocycles. The summed E-state index contributed by atoms with van der Waals surface area (Å²) < 4.78 is 44.5. The highest BCUT2D eigenvalue weighted by atomic mass is 32.1. The van der Waals surface area contributed by atoms with Crippen LogP contribution in [0.15, 0.2) is 23.3 Å². The number of anilines is 1.